The molecule has 23 heavy (non-hydrogen) atoms. The third-order valence-electron chi connectivity index (χ3n) is 4.21. The third-order valence-corrected chi connectivity index (χ3v) is 4.21. The Balaban J connectivity index is 2.81. The van der Waals surface area contributed by atoms with Crippen molar-refractivity contribution in [2.24, 2.45) is 5.41 Å². The van der Waals surface area contributed by atoms with Gasteiger partial charge < -0.3 is 10.4 Å². The van der Waals surface area contributed by atoms with Crippen LogP contribution in [0.4, 0.5) is 13.2 Å². The van der Waals surface area contributed by atoms with Crippen molar-refractivity contribution in [1.82, 2.24) is 5.32 Å². The fourth-order valence-electron chi connectivity index (χ4n) is 1.94. The zero-order chi connectivity index (χ0) is 18.1. The average Bonchev–Trinajstić information content (AvgIpc) is 2.35. The largest absolute Gasteiger partial charge is 0.416 e. The number of benzene rings is 1. The second-order valence-corrected chi connectivity index (χ2v) is 7.11. The van der Waals surface area contributed by atoms with E-state index >= 15 is 0 Å². The van der Waals surface area contributed by atoms with E-state index in [-0.39, 0.29) is 6.42 Å². The number of aliphatic hydroxyl groups is 1. The molecule has 1 amide bonds. The normalized spacial score (nSPS) is 16.6. The molecule has 0 saturated carbocycles. The highest BCUT2D eigenvalue weighted by Gasteiger charge is 2.37. The molecule has 0 aliphatic carbocycles. The monoisotopic (exact) mass is 331 g/mol. The molecule has 1 aromatic rings. The minimum Gasteiger partial charge on any atom is -0.389 e. The van der Waals surface area contributed by atoms with E-state index in [0.29, 0.717) is 5.56 Å². The van der Waals surface area contributed by atoms with Gasteiger partial charge in [0.25, 0.3) is 0 Å². The van der Waals surface area contributed by atoms with Crippen LogP contribution in [0.15, 0.2) is 24.3 Å². The summed E-state index contributed by atoms with van der Waals surface area (Å²) in [6.45, 7) is 8.63. The quantitative estimate of drug-likeness (QED) is 0.874. The van der Waals surface area contributed by atoms with Crippen molar-refractivity contribution in [3.05, 3.63) is 35.4 Å². The lowest BCUT2D eigenvalue weighted by Gasteiger charge is -2.36. The predicted octanol–water partition coefficient (Wildman–Crippen LogP) is 4.07. The van der Waals surface area contributed by atoms with Crippen LogP contribution in [-0.2, 0) is 11.0 Å². The molecule has 0 radical (unpaired) electrons. The molecule has 0 spiro atoms. The summed E-state index contributed by atoms with van der Waals surface area (Å²) in [7, 11) is 0. The standard InChI is InChI=1S/C17H24F3NO2/c1-11(12-7-6-8-13(9-12)17(18,19)20)21-14(22)10-16(5,23)15(2,3)4/h6-9,11,23H,10H2,1-5H3,(H,21,22)/t11-,16?/m0/s1. The molecule has 6 heteroatoms. The minimum atomic E-state index is -4.42. The van der Waals surface area contributed by atoms with Crippen LogP contribution in [0, 0.1) is 5.41 Å². The van der Waals surface area contributed by atoms with Crippen molar-refractivity contribution in [3.8, 4) is 0 Å². The van der Waals surface area contributed by atoms with Crippen molar-refractivity contribution in [2.75, 3.05) is 0 Å². The fraction of sp³-hybridized carbons (Fsp3) is 0.588. The molecule has 0 aromatic heterocycles. The Morgan fingerprint density at radius 1 is 1.22 bits per heavy atom. The molecule has 2 N–H and O–H groups in total. The number of carbonyl (C=O) groups excluding carboxylic acids is 1. The molecule has 0 aliphatic heterocycles. The lowest BCUT2D eigenvalue weighted by molar-refractivity contribution is -0.137. The molecule has 130 valence electrons. The van der Waals surface area contributed by atoms with Gasteiger partial charge in [-0.15, -0.1) is 0 Å². The minimum absolute atomic E-state index is 0.125. The topological polar surface area (TPSA) is 49.3 Å². The van der Waals surface area contributed by atoms with Crippen LogP contribution < -0.4 is 5.32 Å². The molecule has 0 aliphatic rings. The SMILES string of the molecule is C[C@H](NC(=O)CC(C)(O)C(C)(C)C)c1cccc(C(F)(F)F)c1. The number of hydrogen-bond donors (Lipinski definition) is 2. The van der Waals surface area contributed by atoms with E-state index in [1.54, 1.807) is 13.8 Å². The summed E-state index contributed by atoms with van der Waals surface area (Å²) in [6, 6.07) is 4.27. The molecule has 0 saturated heterocycles. The fourth-order valence-corrected chi connectivity index (χ4v) is 1.94. The van der Waals surface area contributed by atoms with E-state index in [1.165, 1.54) is 12.1 Å². The van der Waals surface area contributed by atoms with E-state index in [4.69, 9.17) is 0 Å². The highest BCUT2D eigenvalue weighted by atomic mass is 19.4. The Bertz CT molecular complexity index is 560. The predicted molar refractivity (Wildman–Crippen MR) is 82.7 cm³/mol. The number of rotatable bonds is 4. The van der Waals surface area contributed by atoms with E-state index in [0.717, 1.165) is 12.1 Å². The zero-order valence-corrected chi connectivity index (χ0v) is 14.1. The lowest BCUT2D eigenvalue weighted by atomic mass is 9.75. The highest BCUT2D eigenvalue weighted by Crippen LogP contribution is 2.33. The third kappa shape index (κ3) is 5.23. The van der Waals surface area contributed by atoms with Crippen molar-refractivity contribution >= 4 is 5.91 Å². The molecule has 2 atom stereocenters. The first-order valence-electron chi connectivity index (χ1n) is 7.43. The van der Waals surface area contributed by atoms with Gasteiger partial charge in [-0.05, 0) is 37.0 Å². The van der Waals surface area contributed by atoms with Crippen molar-refractivity contribution in [3.63, 3.8) is 0 Å². The van der Waals surface area contributed by atoms with Gasteiger partial charge in [0.15, 0.2) is 0 Å². The summed E-state index contributed by atoms with van der Waals surface area (Å²) in [5.74, 6) is -0.408. The van der Waals surface area contributed by atoms with Gasteiger partial charge in [-0.3, -0.25) is 4.79 Å². The molecule has 0 fully saturated rings. The molecule has 1 aromatic carbocycles. The van der Waals surface area contributed by atoms with Gasteiger partial charge in [0.05, 0.1) is 23.6 Å². The van der Waals surface area contributed by atoms with Crippen LogP contribution in [-0.4, -0.2) is 16.6 Å². The first-order valence-corrected chi connectivity index (χ1v) is 7.43. The summed E-state index contributed by atoms with van der Waals surface area (Å²) < 4.78 is 38.2. The number of amides is 1. The van der Waals surface area contributed by atoms with Gasteiger partial charge in [-0.2, -0.15) is 13.2 Å². The number of alkyl halides is 3. The Morgan fingerprint density at radius 2 is 1.78 bits per heavy atom. The molecular formula is C17H24F3NO2. The maximum Gasteiger partial charge on any atom is 0.416 e. The molecule has 0 bridgehead atoms. The molecule has 1 rings (SSSR count). The number of carbonyl (C=O) groups is 1. The van der Waals surface area contributed by atoms with Gasteiger partial charge in [0.1, 0.15) is 0 Å². The van der Waals surface area contributed by atoms with Crippen LogP contribution in [0.2, 0.25) is 0 Å². The first-order chi connectivity index (χ1) is 10.2. The van der Waals surface area contributed by atoms with Crippen LogP contribution >= 0.6 is 0 Å². The van der Waals surface area contributed by atoms with Gasteiger partial charge >= 0.3 is 6.18 Å². The molecule has 3 nitrogen and oxygen atoms in total. The van der Waals surface area contributed by atoms with E-state index in [9.17, 15) is 23.1 Å². The Hall–Kier alpha value is -1.56. The Labute approximate surface area is 134 Å². The first kappa shape index (κ1) is 19.5. The Kier molecular flexibility index (Phi) is 5.52. The average molecular weight is 331 g/mol. The van der Waals surface area contributed by atoms with Gasteiger partial charge in [-0.25, -0.2) is 0 Å². The van der Waals surface area contributed by atoms with Crippen molar-refractivity contribution < 1.29 is 23.1 Å². The van der Waals surface area contributed by atoms with Gasteiger partial charge in [0.2, 0.25) is 5.91 Å². The number of nitrogens with one attached hydrogen (secondary N) is 1. The smallest absolute Gasteiger partial charge is 0.389 e. The molecule has 1 unspecified atom stereocenters. The van der Waals surface area contributed by atoms with Crippen LogP contribution in [0.5, 0.6) is 0 Å². The van der Waals surface area contributed by atoms with E-state index < -0.39 is 34.7 Å². The van der Waals surface area contributed by atoms with Gasteiger partial charge in [-0.1, -0.05) is 32.9 Å². The van der Waals surface area contributed by atoms with Gasteiger partial charge in [0, 0.05) is 0 Å². The summed E-state index contributed by atoms with van der Waals surface area (Å²) in [4.78, 5) is 12.1. The van der Waals surface area contributed by atoms with E-state index in [1.807, 2.05) is 20.8 Å². The van der Waals surface area contributed by atoms with Crippen molar-refractivity contribution in [1.29, 1.82) is 0 Å². The molecular weight excluding hydrogens is 307 g/mol. The van der Waals surface area contributed by atoms with Crippen molar-refractivity contribution in [2.45, 2.75) is 58.9 Å². The summed E-state index contributed by atoms with van der Waals surface area (Å²) in [5, 5.41) is 13.0. The number of hydrogen-bond acceptors (Lipinski definition) is 2. The van der Waals surface area contributed by atoms with Crippen LogP contribution in [0.3, 0.4) is 0 Å². The highest BCUT2D eigenvalue weighted by molar-refractivity contribution is 5.77. The van der Waals surface area contributed by atoms with Crippen LogP contribution in [0.25, 0.3) is 0 Å². The molecule has 0 heterocycles. The van der Waals surface area contributed by atoms with Crippen LogP contribution in [0.1, 0.15) is 58.2 Å². The second-order valence-electron chi connectivity index (χ2n) is 7.11. The maximum absolute atomic E-state index is 12.7. The Morgan fingerprint density at radius 3 is 2.26 bits per heavy atom. The summed E-state index contributed by atoms with van der Waals surface area (Å²) in [5.41, 5.74) is -2.10. The number of halogens is 3. The maximum atomic E-state index is 12.7. The van der Waals surface area contributed by atoms with E-state index in [2.05, 4.69) is 5.32 Å². The zero-order valence-electron chi connectivity index (χ0n) is 14.1. The summed E-state index contributed by atoms with van der Waals surface area (Å²) in [6.07, 6.45) is -4.55. The second kappa shape index (κ2) is 6.51. The lowest BCUT2D eigenvalue weighted by Crippen LogP contribution is -2.44. The summed E-state index contributed by atoms with van der Waals surface area (Å²) >= 11 is 0.